The normalized spacial score (nSPS) is 13.2. The van der Waals surface area contributed by atoms with Crippen molar-refractivity contribution in [1.82, 2.24) is 0 Å². The van der Waals surface area contributed by atoms with Crippen molar-refractivity contribution in [3.8, 4) is 0 Å². The number of aliphatic hydroxyl groups excluding tert-OH is 1. The lowest BCUT2D eigenvalue weighted by Gasteiger charge is -2.18. The molecular formula is C16H20ClNOS. The minimum Gasteiger partial charge on any atom is -0.394 e. The fourth-order valence-electron chi connectivity index (χ4n) is 1.92. The summed E-state index contributed by atoms with van der Waals surface area (Å²) < 4.78 is 0. The van der Waals surface area contributed by atoms with E-state index in [1.807, 2.05) is 24.3 Å². The predicted octanol–water partition coefficient (Wildman–Crippen LogP) is 4.84. The highest BCUT2D eigenvalue weighted by molar-refractivity contribution is 7.12. The third kappa shape index (κ3) is 3.54. The van der Waals surface area contributed by atoms with E-state index in [0.29, 0.717) is 5.02 Å². The van der Waals surface area contributed by atoms with Crippen molar-refractivity contribution in [3.05, 3.63) is 51.2 Å². The number of rotatable bonds is 4. The highest BCUT2D eigenvalue weighted by atomic mass is 35.5. The second kappa shape index (κ2) is 6.17. The second-order valence-electron chi connectivity index (χ2n) is 5.81. The third-order valence-corrected chi connectivity index (χ3v) is 5.05. The summed E-state index contributed by atoms with van der Waals surface area (Å²) in [5, 5.41) is 13.6. The number of para-hydroxylation sites is 1. The van der Waals surface area contributed by atoms with Crippen molar-refractivity contribution in [3.63, 3.8) is 0 Å². The first-order chi connectivity index (χ1) is 9.41. The summed E-state index contributed by atoms with van der Waals surface area (Å²) in [4.78, 5) is 2.43. The Morgan fingerprint density at radius 3 is 2.45 bits per heavy atom. The lowest BCUT2D eigenvalue weighted by atomic mass is 9.95. The van der Waals surface area contributed by atoms with Gasteiger partial charge in [-0.1, -0.05) is 44.5 Å². The van der Waals surface area contributed by atoms with E-state index in [0.717, 1.165) is 10.6 Å². The molecule has 0 aliphatic heterocycles. The van der Waals surface area contributed by atoms with Crippen LogP contribution in [0.5, 0.6) is 0 Å². The summed E-state index contributed by atoms with van der Waals surface area (Å²) in [5.74, 6) is 0. The van der Waals surface area contributed by atoms with Crippen LogP contribution < -0.4 is 5.32 Å². The van der Waals surface area contributed by atoms with Gasteiger partial charge in [0.05, 0.1) is 23.4 Å². The molecule has 20 heavy (non-hydrogen) atoms. The highest BCUT2D eigenvalue weighted by Crippen LogP contribution is 2.34. The van der Waals surface area contributed by atoms with Gasteiger partial charge in [-0.2, -0.15) is 0 Å². The summed E-state index contributed by atoms with van der Waals surface area (Å²) in [6, 6.07) is 11.7. The molecule has 0 saturated carbocycles. The fraction of sp³-hybridized carbons (Fsp3) is 0.375. The van der Waals surface area contributed by atoms with Gasteiger partial charge in [-0.3, -0.25) is 0 Å². The van der Waals surface area contributed by atoms with Crippen molar-refractivity contribution >= 4 is 28.6 Å². The summed E-state index contributed by atoms with van der Waals surface area (Å²) in [6.07, 6.45) is 0. The molecule has 4 heteroatoms. The molecule has 0 saturated heterocycles. The van der Waals surface area contributed by atoms with E-state index in [1.165, 1.54) is 4.88 Å². The van der Waals surface area contributed by atoms with E-state index in [4.69, 9.17) is 11.6 Å². The average molecular weight is 310 g/mol. The first-order valence-electron chi connectivity index (χ1n) is 6.64. The van der Waals surface area contributed by atoms with E-state index in [9.17, 15) is 5.11 Å². The Labute approximate surface area is 129 Å². The summed E-state index contributed by atoms with van der Waals surface area (Å²) in [6.45, 7) is 6.61. The third-order valence-electron chi connectivity index (χ3n) is 3.10. The van der Waals surface area contributed by atoms with Gasteiger partial charge in [0, 0.05) is 9.75 Å². The molecule has 2 N–H and O–H groups in total. The maximum Gasteiger partial charge on any atom is 0.0838 e. The molecule has 0 radical (unpaired) electrons. The molecule has 0 amide bonds. The largest absolute Gasteiger partial charge is 0.394 e. The number of benzene rings is 1. The summed E-state index contributed by atoms with van der Waals surface area (Å²) in [7, 11) is 0. The first kappa shape index (κ1) is 15.4. The Balaban J connectivity index is 2.21. The number of thiophene rings is 1. The Hall–Kier alpha value is -1.03. The second-order valence-corrected chi connectivity index (χ2v) is 7.33. The summed E-state index contributed by atoms with van der Waals surface area (Å²) >= 11 is 7.88. The van der Waals surface area contributed by atoms with E-state index in [-0.39, 0.29) is 18.1 Å². The lowest BCUT2D eigenvalue weighted by Crippen LogP contribution is -2.14. The van der Waals surface area contributed by atoms with Crippen LogP contribution in [0.25, 0.3) is 0 Å². The molecule has 2 nitrogen and oxygen atoms in total. The monoisotopic (exact) mass is 309 g/mol. The van der Waals surface area contributed by atoms with Crippen LogP contribution in [0.1, 0.15) is 36.6 Å². The molecule has 0 bridgehead atoms. The van der Waals surface area contributed by atoms with E-state index >= 15 is 0 Å². The summed E-state index contributed by atoms with van der Waals surface area (Å²) in [5.41, 5.74) is 0.978. The molecule has 1 aromatic carbocycles. The van der Waals surface area contributed by atoms with Crippen molar-refractivity contribution in [2.45, 2.75) is 32.2 Å². The standard InChI is InChI=1S/C16H20ClNOS/c1-16(2,3)15-9-8-14(20-15)13(10-19)18-12-7-5-4-6-11(12)17/h4-9,13,18-19H,10H2,1-3H3. The average Bonchev–Trinajstić information content (AvgIpc) is 2.87. The molecule has 1 heterocycles. The predicted molar refractivity (Wildman–Crippen MR) is 87.9 cm³/mol. The molecule has 2 aromatic rings. The first-order valence-corrected chi connectivity index (χ1v) is 7.83. The van der Waals surface area contributed by atoms with E-state index in [2.05, 4.69) is 38.2 Å². The van der Waals surface area contributed by atoms with Gasteiger partial charge in [0.2, 0.25) is 0 Å². The number of aliphatic hydroxyl groups is 1. The van der Waals surface area contributed by atoms with Gasteiger partial charge in [-0.15, -0.1) is 11.3 Å². The van der Waals surface area contributed by atoms with Crippen molar-refractivity contribution < 1.29 is 5.11 Å². The number of nitrogens with one attached hydrogen (secondary N) is 1. The minimum atomic E-state index is -0.129. The zero-order chi connectivity index (χ0) is 14.8. The molecule has 0 spiro atoms. The van der Waals surface area contributed by atoms with Crippen LogP contribution in [-0.2, 0) is 5.41 Å². The van der Waals surface area contributed by atoms with Crippen LogP contribution in [0.3, 0.4) is 0 Å². The van der Waals surface area contributed by atoms with Crippen molar-refractivity contribution in [1.29, 1.82) is 0 Å². The molecular weight excluding hydrogens is 290 g/mol. The van der Waals surface area contributed by atoms with Gasteiger partial charge in [-0.25, -0.2) is 0 Å². The Kier molecular flexibility index (Phi) is 4.74. The molecule has 108 valence electrons. The number of anilines is 1. The van der Waals surface area contributed by atoms with Crippen LogP contribution in [0, 0.1) is 0 Å². The van der Waals surface area contributed by atoms with Crippen molar-refractivity contribution in [2.24, 2.45) is 0 Å². The number of hydrogen-bond acceptors (Lipinski definition) is 3. The smallest absolute Gasteiger partial charge is 0.0838 e. The van der Waals surface area contributed by atoms with Crippen LogP contribution in [0.2, 0.25) is 5.02 Å². The lowest BCUT2D eigenvalue weighted by molar-refractivity contribution is 0.278. The zero-order valence-corrected chi connectivity index (χ0v) is 13.6. The molecule has 1 atom stereocenters. The van der Waals surface area contributed by atoms with Gasteiger partial charge < -0.3 is 10.4 Å². The fourth-order valence-corrected chi connectivity index (χ4v) is 3.21. The SMILES string of the molecule is CC(C)(C)c1ccc(C(CO)Nc2ccccc2Cl)s1. The molecule has 0 aliphatic carbocycles. The van der Waals surface area contributed by atoms with Crippen molar-refractivity contribution in [2.75, 3.05) is 11.9 Å². The number of halogens is 1. The number of hydrogen-bond donors (Lipinski definition) is 2. The van der Waals surface area contributed by atoms with Gasteiger partial charge in [0.15, 0.2) is 0 Å². The Morgan fingerprint density at radius 1 is 1.20 bits per heavy atom. The molecule has 0 aliphatic rings. The van der Waals surface area contributed by atoms with Gasteiger partial charge >= 0.3 is 0 Å². The van der Waals surface area contributed by atoms with Gasteiger partial charge in [-0.05, 0) is 29.7 Å². The van der Waals surface area contributed by atoms with Gasteiger partial charge in [0.1, 0.15) is 0 Å². The molecule has 2 rings (SSSR count). The molecule has 1 unspecified atom stereocenters. The van der Waals surface area contributed by atoms with E-state index in [1.54, 1.807) is 11.3 Å². The zero-order valence-electron chi connectivity index (χ0n) is 12.0. The molecule has 1 aromatic heterocycles. The Bertz CT molecular complexity index is 574. The maximum absolute atomic E-state index is 9.64. The van der Waals surface area contributed by atoms with E-state index < -0.39 is 0 Å². The van der Waals surface area contributed by atoms with Crippen LogP contribution >= 0.6 is 22.9 Å². The maximum atomic E-state index is 9.64. The quantitative estimate of drug-likeness (QED) is 0.846. The van der Waals surface area contributed by atoms with Gasteiger partial charge in [0.25, 0.3) is 0 Å². The minimum absolute atomic E-state index is 0.0370. The van der Waals surface area contributed by atoms with Crippen LogP contribution in [-0.4, -0.2) is 11.7 Å². The van der Waals surface area contributed by atoms with Crippen LogP contribution in [0.4, 0.5) is 5.69 Å². The highest BCUT2D eigenvalue weighted by Gasteiger charge is 2.20. The molecule has 0 fully saturated rings. The van der Waals surface area contributed by atoms with Crippen LogP contribution in [0.15, 0.2) is 36.4 Å². The Morgan fingerprint density at radius 2 is 1.90 bits per heavy atom. The topological polar surface area (TPSA) is 32.3 Å².